The number of benzene rings is 1. The van der Waals surface area contributed by atoms with Gasteiger partial charge >= 0.3 is 6.03 Å². The minimum atomic E-state index is -0.281. The van der Waals surface area contributed by atoms with Gasteiger partial charge in [0.2, 0.25) is 0 Å². The number of carbonyl (C=O) groups excluding carboxylic acids is 3. The van der Waals surface area contributed by atoms with Crippen molar-refractivity contribution in [2.75, 3.05) is 24.5 Å². The van der Waals surface area contributed by atoms with Crippen molar-refractivity contribution in [3.8, 4) is 0 Å². The summed E-state index contributed by atoms with van der Waals surface area (Å²) in [5.74, 6) is 0.871. The van der Waals surface area contributed by atoms with Crippen molar-refractivity contribution in [1.82, 2.24) is 15.0 Å². The van der Waals surface area contributed by atoms with Crippen LogP contribution < -0.4 is 4.90 Å². The molecule has 3 heterocycles. The molecule has 1 saturated carbocycles. The molecule has 3 aliphatic rings. The summed E-state index contributed by atoms with van der Waals surface area (Å²) in [5, 5.41) is 3.93. The van der Waals surface area contributed by atoms with Gasteiger partial charge in [-0.3, -0.25) is 9.59 Å². The van der Waals surface area contributed by atoms with Crippen LogP contribution in [0.1, 0.15) is 47.8 Å². The molecule has 2 aliphatic heterocycles. The summed E-state index contributed by atoms with van der Waals surface area (Å²) in [5.41, 5.74) is 0.947. The third-order valence-electron chi connectivity index (χ3n) is 5.93. The second-order valence-corrected chi connectivity index (χ2v) is 7.89. The molecule has 2 aromatic rings. The molecule has 0 N–H and O–H groups in total. The maximum atomic E-state index is 12.9. The average molecular weight is 394 g/mol. The van der Waals surface area contributed by atoms with Gasteiger partial charge in [-0.2, -0.15) is 0 Å². The zero-order chi connectivity index (χ0) is 20.0. The van der Waals surface area contributed by atoms with Crippen molar-refractivity contribution in [2.45, 2.75) is 37.6 Å². The van der Waals surface area contributed by atoms with Crippen LogP contribution in [-0.2, 0) is 4.79 Å². The zero-order valence-corrected chi connectivity index (χ0v) is 16.0. The fraction of sp³-hybridized carbons (Fsp3) is 0.429. The largest absolute Gasteiger partial charge is 0.360 e. The fourth-order valence-corrected chi connectivity index (χ4v) is 4.13. The van der Waals surface area contributed by atoms with Gasteiger partial charge in [-0.15, -0.1) is 0 Å². The Labute approximate surface area is 168 Å². The first-order valence-corrected chi connectivity index (χ1v) is 10.1. The lowest BCUT2D eigenvalue weighted by molar-refractivity contribution is -0.116. The highest BCUT2D eigenvalue weighted by molar-refractivity contribution is 6.19. The fourth-order valence-electron chi connectivity index (χ4n) is 4.13. The SMILES string of the molecule is O=C(c1cc(C2CC2)on1)N1CCC(N2CC(=O)N(c3ccccc3)C2=O)CC1. The molecule has 5 rings (SSSR count). The summed E-state index contributed by atoms with van der Waals surface area (Å²) in [7, 11) is 0. The Morgan fingerprint density at radius 1 is 1.03 bits per heavy atom. The number of para-hydroxylation sites is 1. The second kappa shape index (κ2) is 7.02. The van der Waals surface area contributed by atoms with Crippen LogP contribution >= 0.6 is 0 Å². The van der Waals surface area contributed by atoms with E-state index in [1.165, 1.54) is 4.90 Å². The van der Waals surface area contributed by atoms with Crippen LogP contribution in [0.5, 0.6) is 0 Å². The molecule has 8 heteroatoms. The number of carbonyl (C=O) groups is 3. The molecule has 1 aromatic heterocycles. The standard InChI is InChI=1S/C21H22N4O4/c26-19-13-24(21(28)25(19)16-4-2-1-3-5-16)15-8-10-23(11-9-15)20(27)17-12-18(29-22-17)14-6-7-14/h1-5,12,14-15H,6-11,13H2. The molecule has 8 nitrogen and oxygen atoms in total. The number of urea groups is 1. The molecule has 0 atom stereocenters. The summed E-state index contributed by atoms with van der Waals surface area (Å²) in [6.45, 7) is 1.14. The highest BCUT2D eigenvalue weighted by atomic mass is 16.5. The molecular formula is C21H22N4O4. The van der Waals surface area contributed by atoms with Gasteiger partial charge in [0.15, 0.2) is 5.69 Å². The number of rotatable bonds is 4. The van der Waals surface area contributed by atoms with E-state index in [4.69, 9.17) is 4.52 Å². The number of hydrogen-bond donors (Lipinski definition) is 0. The van der Waals surface area contributed by atoms with E-state index in [-0.39, 0.29) is 30.4 Å². The molecule has 2 saturated heterocycles. The monoisotopic (exact) mass is 394 g/mol. The third kappa shape index (κ3) is 3.28. The van der Waals surface area contributed by atoms with Gasteiger partial charge in [0.05, 0.1) is 5.69 Å². The Balaban J connectivity index is 1.22. The summed E-state index contributed by atoms with van der Waals surface area (Å²) < 4.78 is 5.29. The first-order chi connectivity index (χ1) is 14.1. The van der Waals surface area contributed by atoms with Crippen LogP contribution in [0.15, 0.2) is 40.9 Å². The van der Waals surface area contributed by atoms with Crippen molar-refractivity contribution in [3.05, 3.63) is 47.9 Å². The van der Waals surface area contributed by atoms with Crippen LogP contribution in [0.4, 0.5) is 10.5 Å². The minimum Gasteiger partial charge on any atom is -0.360 e. The average Bonchev–Trinajstić information content (AvgIpc) is 3.40. The van der Waals surface area contributed by atoms with Crippen molar-refractivity contribution < 1.29 is 18.9 Å². The maximum absolute atomic E-state index is 12.9. The zero-order valence-electron chi connectivity index (χ0n) is 16.0. The number of aromatic nitrogens is 1. The van der Waals surface area contributed by atoms with E-state index in [2.05, 4.69) is 5.16 Å². The molecule has 1 aromatic carbocycles. The van der Waals surface area contributed by atoms with E-state index in [9.17, 15) is 14.4 Å². The molecule has 4 amide bonds. The molecule has 3 fully saturated rings. The van der Waals surface area contributed by atoms with E-state index in [0.29, 0.717) is 43.2 Å². The van der Waals surface area contributed by atoms with Gasteiger partial charge in [0, 0.05) is 31.1 Å². The van der Waals surface area contributed by atoms with E-state index in [1.807, 2.05) is 6.07 Å². The van der Waals surface area contributed by atoms with Crippen LogP contribution in [0, 0.1) is 0 Å². The Kier molecular flexibility index (Phi) is 4.34. The van der Waals surface area contributed by atoms with Crippen molar-refractivity contribution >= 4 is 23.5 Å². The van der Waals surface area contributed by atoms with Crippen molar-refractivity contribution in [2.24, 2.45) is 0 Å². The first kappa shape index (κ1) is 17.9. The summed E-state index contributed by atoms with van der Waals surface area (Å²) >= 11 is 0. The quantitative estimate of drug-likeness (QED) is 0.744. The van der Waals surface area contributed by atoms with E-state index in [0.717, 1.165) is 18.6 Å². The Bertz CT molecular complexity index is 945. The molecule has 0 spiro atoms. The Morgan fingerprint density at radius 3 is 2.45 bits per heavy atom. The lowest BCUT2D eigenvalue weighted by atomic mass is 10.0. The number of amides is 4. The summed E-state index contributed by atoms with van der Waals surface area (Å²) in [6, 6.07) is 10.4. The normalized spacial score (nSPS) is 20.6. The van der Waals surface area contributed by atoms with Gasteiger partial charge in [-0.05, 0) is 37.8 Å². The van der Waals surface area contributed by atoms with Gasteiger partial charge in [0.25, 0.3) is 11.8 Å². The van der Waals surface area contributed by atoms with E-state index < -0.39 is 0 Å². The van der Waals surface area contributed by atoms with Crippen LogP contribution in [0.2, 0.25) is 0 Å². The number of hydrogen-bond acceptors (Lipinski definition) is 5. The van der Waals surface area contributed by atoms with E-state index >= 15 is 0 Å². The molecule has 1 aliphatic carbocycles. The lowest BCUT2D eigenvalue weighted by Gasteiger charge is -2.35. The Morgan fingerprint density at radius 2 is 1.76 bits per heavy atom. The van der Waals surface area contributed by atoms with Crippen molar-refractivity contribution in [1.29, 1.82) is 0 Å². The number of piperidine rings is 1. The number of likely N-dealkylation sites (tertiary alicyclic amines) is 1. The lowest BCUT2D eigenvalue weighted by Crippen LogP contribution is -2.48. The highest BCUT2D eigenvalue weighted by Gasteiger charge is 2.42. The highest BCUT2D eigenvalue weighted by Crippen LogP contribution is 2.40. The van der Waals surface area contributed by atoms with Crippen LogP contribution in [0.25, 0.3) is 0 Å². The number of imide groups is 1. The van der Waals surface area contributed by atoms with Crippen molar-refractivity contribution in [3.63, 3.8) is 0 Å². The Hall–Kier alpha value is -3.16. The molecule has 150 valence electrons. The van der Waals surface area contributed by atoms with Gasteiger partial charge < -0.3 is 14.3 Å². The third-order valence-corrected chi connectivity index (χ3v) is 5.93. The smallest absolute Gasteiger partial charge is 0.332 e. The van der Waals surface area contributed by atoms with Gasteiger partial charge in [-0.1, -0.05) is 23.4 Å². The molecule has 0 radical (unpaired) electrons. The van der Waals surface area contributed by atoms with E-state index in [1.54, 1.807) is 40.1 Å². The minimum absolute atomic E-state index is 0.0523. The molecule has 29 heavy (non-hydrogen) atoms. The van der Waals surface area contributed by atoms with Crippen LogP contribution in [0.3, 0.4) is 0 Å². The summed E-state index contributed by atoms with van der Waals surface area (Å²) in [4.78, 5) is 42.6. The predicted octanol–water partition coefficient (Wildman–Crippen LogP) is 2.63. The predicted molar refractivity (Wildman–Crippen MR) is 103 cm³/mol. The molecular weight excluding hydrogens is 372 g/mol. The molecule has 0 bridgehead atoms. The van der Waals surface area contributed by atoms with Gasteiger partial charge in [0.1, 0.15) is 12.3 Å². The first-order valence-electron chi connectivity index (χ1n) is 10.1. The number of anilines is 1. The molecule has 0 unspecified atom stereocenters. The van der Waals surface area contributed by atoms with Gasteiger partial charge in [-0.25, -0.2) is 9.69 Å². The topological polar surface area (TPSA) is 87.0 Å². The second-order valence-electron chi connectivity index (χ2n) is 7.89. The van der Waals surface area contributed by atoms with Crippen LogP contribution in [-0.4, -0.2) is 58.5 Å². The maximum Gasteiger partial charge on any atom is 0.332 e. The summed E-state index contributed by atoms with van der Waals surface area (Å²) in [6.07, 6.45) is 3.47. The number of nitrogens with zero attached hydrogens (tertiary/aromatic N) is 4.